The zero-order chi connectivity index (χ0) is 28.1. The standard InChI is InChI=1S/C30H38N4O5/c1-4-21-16-23(19(3)35)14-18(2)27(21)29(37)33-25(30(38)39)15-20-9-12-34(13-10-20)26(36)17-24-8-7-22-6-5-11-31-28(22)32-24/h7-8,14,16,20,25H,4-6,9-13,15,17H2,1-3H3,(H,31,32)(H,33,37)(H,38,39). The van der Waals surface area contributed by atoms with Crippen molar-refractivity contribution >= 4 is 29.4 Å². The molecule has 9 nitrogen and oxygen atoms in total. The second kappa shape index (κ2) is 12.4. The number of benzene rings is 1. The number of aromatic nitrogens is 1. The summed E-state index contributed by atoms with van der Waals surface area (Å²) in [7, 11) is 0. The van der Waals surface area contributed by atoms with Crippen molar-refractivity contribution in [3.05, 3.63) is 57.8 Å². The average molecular weight is 535 g/mol. The predicted octanol–water partition coefficient (Wildman–Crippen LogP) is 3.57. The van der Waals surface area contributed by atoms with E-state index in [9.17, 15) is 24.3 Å². The first-order valence-electron chi connectivity index (χ1n) is 13.8. The molecular formula is C30H38N4O5. The number of anilines is 1. The third-order valence-electron chi connectivity index (χ3n) is 7.86. The summed E-state index contributed by atoms with van der Waals surface area (Å²) in [5.41, 5.74) is 4.28. The van der Waals surface area contributed by atoms with E-state index in [0.29, 0.717) is 55.5 Å². The maximum atomic E-state index is 13.2. The number of amides is 2. The van der Waals surface area contributed by atoms with Gasteiger partial charge in [-0.3, -0.25) is 14.4 Å². The van der Waals surface area contributed by atoms with Gasteiger partial charge in [0.15, 0.2) is 5.78 Å². The molecule has 0 spiro atoms. The topological polar surface area (TPSA) is 129 Å². The van der Waals surface area contributed by atoms with Gasteiger partial charge in [0.1, 0.15) is 11.9 Å². The molecule has 2 amide bonds. The summed E-state index contributed by atoms with van der Waals surface area (Å²) in [5, 5.41) is 15.9. The summed E-state index contributed by atoms with van der Waals surface area (Å²) in [6, 6.07) is 6.33. The number of piperidine rings is 1. The fraction of sp³-hybridized carbons (Fsp3) is 0.500. The van der Waals surface area contributed by atoms with Gasteiger partial charge in [-0.2, -0.15) is 0 Å². The number of pyridine rings is 1. The first kappa shape index (κ1) is 28.3. The lowest BCUT2D eigenvalue weighted by Crippen LogP contribution is -2.45. The summed E-state index contributed by atoms with van der Waals surface area (Å²) < 4.78 is 0. The van der Waals surface area contributed by atoms with Gasteiger partial charge in [0.2, 0.25) is 5.91 Å². The number of aryl methyl sites for hydroxylation is 3. The van der Waals surface area contributed by atoms with Crippen molar-refractivity contribution in [1.82, 2.24) is 15.2 Å². The molecule has 1 unspecified atom stereocenters. The lowest BCUT2D eigenvalue weighted by Gasteiger charge is -2.33. The number of Topliss-reactive ketones (excluding diaryl/α,β-unsaturated/α-hetero) is 1. The van der Waals surface area contributed by atoms with Gasteiger partial charge in [-0.25, -0.2) is 9.78 Å². The smallest absolute Gasteiger partial charge is 0.326 e. The van der Waals surface area contributed by atoms with Crippen LogP contribution in [0.1, 0.15) is 82.6 Å². The van der Waals surface area contributed by atoms with E-state index in [1.54, 1.807) is 19.1 Å². The molecule has 3 N–H and O–H groups in total. The van der Waals surface area contributed by atoms with Crippen molar-refractivity contribution < 1.29 is 24.3 Å². The van der Waals surface area contributed by atoms with Crippen molar-refractivity contribution in [2.45, 2.75) is 71.8 Å². The highest BCUT2D eigenvalue weighted by Crippen LogP contribution is 2.25. The molecule has 1 atom stereocenters. The van der Waals surface area contributed by atoms with E-state index in [0.717, 1.165) is 36.5 Å². The normalized spacial score (nSPS) is 16.1. The highest BCUT2D eigenvalue weighted by Gasteiger charge is 2.30. The third kappa shape index (κ3) is 6.82. The first-order chi connectivity index (χ1) is 18.7. The Kier molecular flexibility index (Phi) is 8.99. The summed E-state index contributed by atoms with van der Waals surface area (Å²) in [6.07, 6.45) is 4.53. The van der Waals surface area contributed by atoms with Crippen LogP contribution < -0.4 is 10.6 Å². The van der Waals surface area contributed by atoms with Crippen LogP contribution in [0.15, 0.2) is 24.3 Å². The SMILES string of the molecule is CCc1cc(C(C)=O)cc(C)c1C(=O)NC(CC1CCN(C(=O)Cc2ccc3c(n2)NCCC3)CC1)C(=O)O. The number of carboxylic acid groups (broad SMARTS) is 1. The lowest BCUT2D eigenvalue weighted by molar-refractivity contribution is -0.140. The minimum absolute atomic E-state index is 0.0244. The summed E-state index contributed by atoms with van der Waals surface area (Å²) in [4.78, 5) is 56.4. The van der Waals surface area contributed by atoms with Gasteiger partial charge in [0.05, 0.1) is 12.1 Å². The third-order valence-corrected chi connectivity index (χ3v) is 7.86. The van der Waals surface area contributed by atoms with E-state index in [-0.39, 0.29) is 24.0 Å². The second-order valence-corrected chi connectivity index (χ2v) is 10.7. The highest BCUT2D eigenvalue weighted by molar-refractivity contribution is 6.01. The van der Waals surface area contributed by atoms with Crippen molar-refractivity contribution in [1.29, 1.82) is 0 Å². The fourth-order valence-corrected chi connectivity index (χ4v) is 5.60. The molecular weight excluding hydrogens is 496 g/mol. The van der Waals surface area contributed by atoms with Crippen LogP contribution >= 0.6 is 0 Å². The van der Waals surface area contributed by atoms with Crippen LogP contribution in [0, 0.1) is 12.8 Å². The van der Waals surface area contributed by atoms with Crippen molar-refractivity contribution in [3.63, 3.8) is 0 Å². The monoisotopic (exact) mass is 534 g/mol. The number of hydrogen-bond acceptors (Lipinski definition) is 6. The minimum Gasteiger partial charge on any atom is -0.480 e. The molecule has 9 heteroatoms. The highest BCUT2D eigenvalue weighted by atomic mass is 16.4. The van der Waals surface area contributed by atoms with Crippen LogP contribution in [-0.4, -0.2) is 64.2 Å². The van der Waals surface area contributed by atoms with Gasteiger partial charge in [-0.15, -0.1) is 0 Å². The molecule has 1 aromatic heterocycles. The quantitative estimate of drug-likeness (QED) is 0.420. The Morgan fingerprint density at radius 1 is 1.18 bits per heavy atom. The van der Waals surface area contributed by atoms with E-state index in [2.05, 4.69) is 15.6 Å². The second-order valence-electron chi connectivity index (χ2n) is 10.7. The average Bonchev–Trinajstić information content (AvgIpc) is 2.92. The number of fused-ring (bicyclic) bond motifs is 1. The zero-order valence-corrected chi connectivity index (χ0v) is 23.0. The van der Waals surface area contributed by atoms with E-state index in [1.807, 2.05) is 24.0 Å². The Bertz CT molecular complexity index is 1270. The number of rotatable bonds is 9. The van der Waals surface area contributed by atoms with Crippen molar-refractivity contribution in [3.8, 4) is 0 Å². The Labute approximate surface area is 229 Å². The molecule has 0 saturated carbocycles. The van der Waals surface area contributed by atoms with Crippen LogP contribution in [0.4, 0.5) is 5.82 Å². The summed E-state index contributed by atoms with van der Waals surface area (Å²) >= 11 is 0. The minimum atomic E-state index is -1.08. The van der Waals surface area contributed by atoms with Crippen LogP contribution in [0.25, 0.3) is 0 Å². The number of likely N-dealkylation sites (tertiary alicyclic amines) is 1. The van der Waals surface area contributed by atoms with Gasteiger partial charge in [0.25, 0.3) is 5.91 Å². The van der Waals surface area contributed by atoms with Crippen molar-refractivity contribution in [2.24, 2.45) is 5.92 Å². The Morgan fingerprint density at radius 3 is 2.59 bits per heavy atom. The van der Waals surface area contributed by atoms with E-state index >= 15 is 0 Å². The Hall–Kier alpha value is -3.75. The zero-order valence-electron chi connectivity index (χ0n) is 23.0. The number of carbonyl (C=O) groups is 4. The van der Waals surface area contributed by atoms with Gasteiger partial charge in [0, 0.05) is 30.8 Å². The summed E-state index contributed by atoms with van der Waals surface area (Å²) in [6.45, 7) is 7.15. The molecule has 1 fully saturated rings. The molecule has 0 radical (unpaired) electrons. The molecule has 1 saturated heterocycles. The largest absolute Gasteiger partial charge is 0.480 e. The molecule has 39 heavy (non-hydrogen) atoms. The first-order valence-corrected chi connectivity index (χ1v) is 13.8. The van der Waals surface area contributed by atoms with Gasteiger partial charge < -0.3 is 20.6 Å². The molecule has 2 aliphatic rings. The number of carbonyl (C=O) groups excluding carboxylic acids is 3. The molecule has 0 bridgehead atoms. The van der Waals surface area contributed by atoms with Crippen LogP contribution in [0.3, 0.4) is 0 Å². The lowest BCUT2D eigenvalue weighted by atomic mass is 9.89. The molecule has 0 aliphatic carbocycles. The van der Waals surface area contributed by atoms with Crippen LogP contribution in [0.2, 0.25) is 0 Å². The van der Waals surface area contributed by atoms with Crippen LogP contribution in [-0.2, 0) is 28.9 Å². The number of hydrogen-bond donors (Lipinski definition) is 3. The van der Waals surface area contributed by atoms with E-state index < -0.39 is 17.9 Å². The molecule has 3 heterocycles. The molecule has 1 aromatic carbocycles. The number of aliphatic carboxylic acids is 1. The molecule has 208 valence electrons. The molecule has 4 rings (SSSR count). The number of ketones is 1. The molecule has 2 aromatic rings. The Morgan fingerprint density at radius 2 is 1.92 bits per heavy atom. The van der Waals surface area contributed by atoms with Gasteiger partial charge in [-0.1, -0.05) is 13.0 Å². The maximum Gasteiger partial charge on any atom is 0.326 e. The Balaban J connectivity index is 1.33. The molecule has 2 aliphatic heterocycles. The summed E-state index contributed by atoms with van der Waals surface area (Å²) in [5.74, 6) is -0.617. The maximum absolute atomic E-state index is 13.2. The van der Waals surface area contributed by atoms with E-state index in [1.165, 1.54) is 12.5 Å². The van der Waals surface area contributed by atoms with Gasteiger partial charge >= 0.3 is 5.97 Å². The number of nitrogens with one attached hydrogen (secondary N) is 2. The van der Waals surface area contributed by atoms with Crippen molar-refractivity contribution in [2.75, 3.05) is 25.0 Å². The predicted molar refractivity (Wildman–Crippen MR) is 148 cm³/mol. The fourth-order valence-electron chi connectivity index (χ4n) is 5.60. The number of carboxylic acids is 1. The van der Waals surface area contributed by atoms with Crippen LogP contribution in [0.5, 0.6) is 0 Å². The van der Waals surface area contributed by atoms with E-state index in [4.69, 9.17) is 0 Å². The van der Waals surface area contributed by atoms with Gasteiger partial charge in [-0.05, 0) is 93.2 Å². The number of nitrogens with zero attached hydrogens (tertiary/aromatic N) is 2.